The molecule has 0 saturated heterocycles. The third kappa shape index (κ3) is 3.99. The van der Waals surface area contributed by atoms with E-state index in [2.05, 4.69) is 5.32 Å². The number of anilines is 2. The minimum atomic E-state index is -0.585. The molecule has 0 heterocycles. The fourth-order valence-corrected chi connectivity index (χ4v) is 1.94. The van der Waals surface area contributed by atoms with E-state index in [1.807, 2.05) is 0 Å². The summed E-state index contributed by atoms with van der Waals surface area (Å²) in [7, 11) is 0. The monoisotopic (exact) mass is 318 g/mol. The number of carbonyl (C=O) groups excluding carboxylic acids is 2. The van der Waals surface area contributed by atoms with Crippen LogP contribution in [-0.2, 0) is 9.53 Å². The van der Waals surface area contributed by atoms with Crippen molar-refractivity contribution in [3.05, 3.63) is 58.6 Å². The molecule has 0 bridgehead atoms. The average molecular weight is 319 g/mol. The van der Waals surface area contributed by atoms with Crippen LogP contribution in [0.2, 0.25) is 5.02 Å². The Morgan fingerprint density at radius 2 is 1.86 bits per heavy atom. The number of halogens is 1. The third-order valence-electron chi connectivity index (χ3n) is 3.02. The van der Waals surface area contributed by atoms with Gasteiger partial charge in [-0.2, -0.15) is 0 Å². The Bertz CT molecular complexity index is 699. The van der Waals surface area contributed by atoms with Gasteiger partial charge in [0, 0.05) is 16.4 Å². The van der Waals surface area contributed by atoms with Gasteiger partial charge in [0.25, 0.3) is 5.91 Å². The predicted molar refractivity (Wildman–Crippen MR) is 86.0 cm³/mol. The summed E-state index contributed by atoms with van der Waals surface area (Å²) in [5.41, 5.74) is 7.75. The van der Waals surface area contributed by atoms with Crippen molar-refractivity contribution in [2.24, 2.45) is 0 Å². The Hall–Kier alpha value is -2.53. The normalized spacial score (nSPS) is 10.1. The van der Waals surface area contributed by atoms with E-state index in [1.165, 1.54) is 12.1 Å². The van der Waals surface area contributed by atoms with E-state index in [1.54, 1.807) is 37.3 Å². The Labute approximate surface area is 133 Å². The first kappa shape index (κ1) is 15.9. The zero-order valence-corrected chi connectivity index (χ0v) is 12.7. The molecule has 2 aromatic rings. The highest BCUT2D eigenvalue weighted by molar-refractivity contribution is 6.31. The maximum absolute atomic E-state index is 11.8. The Kier molecular flexibility index (Phi) is 5.01. The number of benzene rings is 2. The zero-order valence-electron chi connectivity index (χ0n) is 11.9. The Balaban J connectivity index is 1.91. The van der Waals surface area contributed by atoms with E-state index in [0.29, 0.717) is 22.0 Å². The number of nitrogens with two attached hydrogens (primary N) is 1. The quantitative estimate of drug-likeness (QED) is 0.670. The molecule has 0 aliphatic rings. The maximum Gasteiger partial charge on any atom is 0.338 e. The van der Waals surface area contributed by atoms with Crippen LogP contribution in [0.4, 0.5) is 11.4 Å². The number of nitrogen functional groups attached to an aromatic ring is 1. The van der Waals surface area contributed by atoms with E-state index in [-0.39, 0.29) is 6.61 Å². The third-order valence-corrected chi connectivity index (χ3v) is 3.43. The van der Waals surface area contributed by atoms with Crippen molar-refractivity contribution in [1.82, 2.24) is 0 Å². The van der Waals surface area contributed by atoms with Gasteiger partial charge in [-0.3, -0.25) is 4.79 Å². The van der Waals surface area contributed by atoms with Gasteiger partial charge in [0.15, 0.2) is 6.61 Å². The predicted octanol–water partition coefficient (Wildman–Crippen LogP) is 3.03. The summed E-state index contributed by atoms with van der Waals surface area (Å²) < 4.78 is 4.95. The van der Waals surface area contributed by atoms with Gasteiger partial charge in [0.05, 0.1) is 5.56 Å². The maximum atomic E-state index is 11.8. The van der Waals surface area contributed by atoms with E-state index in [0.717, 1.165) is 5.56 Å². The van der Waals surface area contributed by atoms with Gasteiger partial charge in [0.1, 0.15) is 0 Å². The van der Waals surface area contributed by atoms with Crippen LogP contribution in [-0.4, -0.2) is 18.5 Å². The van der Waals surface area contributed by atoms with Crippen molar-refractivity contribution in [1.29, 1.82) is 0 Å². The minimum absolute atomic E-state index is 0.334. The number of carbonyl (C=O) groups is 2. The van der Waals surface area contributed by atoms with Gasteiger partial charge in [-0.15, -0.1) is 0 Å². The lowest BCUT2D eigenvalue weighted by molar-refractivity contribution is -0.119. The highest BCUT2D eigenvalue weighted by atomic mass is 35.5. The van der Waals surface area contributed by atoms with Gasteiger partial charge in [0.2, 0.25) is 0 Å². The summed E-state index contributed by atoms with van der Waals surface area (Å²) in [5, 5.41) is 3.20. The molecule has 3 N–H and O–H groups in total. The van der Waals surface area contributed by atoms with Gasteiger partial charge < -0.3 is 15.8 Å². The molecule has 0 aliphatic heterocycles. The smallest absolute Gasteiger partial charge is 0.338 e. The molecule has 0 radical (unpaired) electrons. The summed E-state index contributed by atoms with van der Waals surface area (Å²) in [6.45, 7) is 1.41. The lowest BCUT2D eigenvalue weighted by Crippen LogP contribution is -2.21. The van der Waals surface area contributed by atoms with Crippen molar-refractivity contribution in [3.63, 3.8) is 0 Å². The lowest BCUT2D eigenvalue weighted by Gasteiger charge is -2.10. The number of rotatable bonds is 4. The molecule has 0 spiro atoms. The van der Waals surface area contributed by atoms with Crippen molar-refractivity contribution >= 4 is 34.9 Å². The number of hydrogen-bond acceptors (Lipinski definition) is 4. The summed E-state index contributed by atoms with van der Waals surface area (Å²) in [5.74, 6) is -1.02. The van der Waals surface area contributed by atoms with E-state index >= 15 is 0 Å². The fourth-order valence-electron chi connectivity index (χ4n) is 1.76. The van der Waals surface area contributed by atoms with Crippen LogP contribution in [0.3, 0.4) is 0 Å². The summed E-state index contributed by atoms with van der Waals surface area (Å²) in [4.78, 5) is 23.6. The van der Waals surface area contributed by atoms with Gasteiger partial charge in [-0.25, -0.2) is 4.79 Å². The zero-order chi connectivity index (χ0) is 16.1. The first-order valence-electron chi connectivity index (χ1n) is 6.55. The molecule has 114 valence electrons. The second kappa shape index (κ2) is 6.95. The van der Waals surface area contributed by atoms with Crippen LogP contribution in [0.25, 0.3) is 0 Å². The van der Waals surface area contributed by atoms with E-state index in [9.17, 15) is 9.59 Å². The molecule has 2 aromatic carbocycles. The number of esters is 1. The molecule has 0 saturated carbocycles. The molecular formula is C16H15ClN2O3. The second-order valence-electron chi connectivity index (χ2n) is 4.66. The van der Waals surface area contributed by atoms with Gasteiger partial charge in [-0.05, 0) is 48.9 Å². The number of ether oxygens (including phenoxy) is 1. The Morgan fingerprint density at radius 1 is 1.18 bits per heavy atom. The van der Waals surface area contributed by atoms with Crippen LogP contribution in [0.1, 0.15) is 15.9 Å². The van der Waals surface area contributed by atoms with Crippen LogP contribution in [0.5, 0.6) is 0 Å². The molecule has 22 heavy (non-hydrogen) atoms. The highest BCUT2D eigenvalue weighted by Crippen LogP contribution is 2.22. The summed E-state index contributed by atoms with van der Waals surface area (Å²) in [6.07, 6.45) is 0. The fraction of sp³-hybridized carbons (Fsp3) is 0.125. The number of hydrogen-bond donors (Lipinski definition) is 2. The SMILES string of the molecule is Cc1c(Cl)cccc1NC(=O)COC(=O)c1ccc(N)cc1. The molecule has 0 atom stereocenters. The van der Waals surface area contributed by atoms with Crippen molar-refractivity contribution in [3.8, 4) is 0 Å². The van der Waals surface area contributed by atoms with Gasteiger partial charge in [-0.1, -0.05) is 17.7 Å². The molecule has 6 heteroatoms. The van der Waals surface area contributed by atoms with Crippen molar-refractivity contribution in [2.45, 2.75) is 6.92 Å². The summed E-state index contributed by atoms with van der Waals surface area (Å²) >= 11 is 5.97. The highest BCUT2D eigenvalue weighted by Gasteiger charge is 2.11. The molecular weight excluding hydrogens is 304 g/mol. The first-order valence-corrected chi connectivity index (χ1v) is 6.93. The van der Waals surface area contributed by atoms with Crippen molar-refractivity contribution in [2.75, 3.05) is 17.7 Å². The molecule has 2 rings (SSSR count). The standard InChI is InChI=1S/C16H15ClN2O3/c1-10-13(17)3-2-4-14(10)19-15(20)9-22-16(21)11-5-7-12(18)8-6-11/h2-8H,9,18H2,1H3,(H,19,20). The minimum Gasteiger partial charge on any atom is -0.452 e. The molecule has 0 aromatic heterocycles. The van der Waals surface area contributed by atoms with Crippen LogP contribution >= 0.6 is 11.6 Å². The largest absolute Gasteiger partial charge is 0.452 e. The molecule has 1 amide bonds. The molecule has 0 aliphatic carbocycles. The number of nitrogens with one attached hydrogen (secondary N) is 1. The van der Waals surface area contributed by atoms with Crippen molar-refractivity contribution < 1.29 is 14.3 Å². The molecule has 5 nitrogen and oxygen atoms in total. The van der Waals surface area contributed by atoms with Crippen LogP contribution < -0.4 is 11.1 Å². The van der Waals surface area contributed by atoms with Gasteiger partial charge >= 0.3 is 5.97 Å². The topological polar surface area (TPSA) is 81.4 Å². The summed E-state index contributed by atoms with van der Waals surface area (Å²) in [6, 6.07) is 11.4. The average Bonchev–Trinajstić information content (AvgIpc) is 2.50. The number of amides is 1. The van der Waals surface area contributed by atoms with E-state index in [4.69, 9.17) is 22.1 Å². The van der Waals surface area contributed by atoms with Crippen LogP contribution in [0.15, 0.2) is 42.5 Å². The Morgan fingerprint density at radius 3 is 2.55 bits per heavy atom. The first-order chi connectivity index (χ1) is 10.5. The molecule has 0 unspecified atom stereocenters. The molecule has 0 fully saturated rings. The van der Waals surface area contributed by atoms with Crippen LogP contribution in [0, 0.1) is 6.92 Å². The van der Waals surface area contributed by atoms with E-state index < -0.39 is 11.9 Å². The second-order valence-corrected chi connectivity index (χ2v) is 5.07. The lowest BCUT2D eigenvalue weighted by atomic mass is 10.2.